The molecular weight excluding hydrogens is 396 g/mol. The van der Waals surface area contributed by atoms with Gasteiger partial charge in [-0.05, 0) is 70.3 Å². The summed E-state index contributed by atoms with van der Waals surface area (Å²) in [6.45, 7) is 5.43. The molecule has 2 aromatic rings. The van der Waals surface area contributed by atoms with Crippen molar-refractivity contribution in [1.29, 1.82) is 0 Å². The molecule has 0 spiro atoms. The quantitative estimate of drug-likeness (QED) is 0.698. The monoisotopic (exact) mass is 428 g/mol. The van der Waals surface area contributed by atoms with E-state index >= 15 is 0 Å². The average molecular weight is 429 g/mol. The van der Waals surface area contributed by atoms with Crippen molar-refractivity contribution in [2.24, 2.45) is 5.92 Å². The highest BCUT2D eigenvalue weighted by molar-refractivity contribution is 5.79. The summed E-state index contributed by atoms with van der Waals surface area (Å²) in [4.78, 5) is 21.9. The number of carbonyl (C=O) groups is 1. The number of ether oxygens (including phenoxy) is 2. The van der Waals surface area contributed by atoms with Gasteiger partial charge >= 0.3 is 0 Å². The number of aromatic nitrogens is 2. The Morgan fingerprint density at radius 3 is 2.58 bits per heavy atom. The summed E-state index contributed by atoms with van der Waals surface area (Å²) in [5.41, 5.74) is 0.813. The Labute approximate surface area is 183 Å². The van der Waals surface area contributed by atoms with Crippen LogP contribution < -0.4 is 9.47 Å². The molecule has 2 fully saturated rings. The molecule has 0 radical (unpaired) electrons. The van der Waals surface area contributed by atoms with Crippen LogP contribution in [-0.2, 0) is 11.3 Å². The van der Waals surface area contributed by atoms with E-state index in [0.717, 1.165) is 50.9 Å². The number of amides is 1. The molecule has 168 valence electrons. The minimum Gasteiger partial charge on any atom is -0.493 e. The van der Waals surface area contributed by atoms with Crippen molar-refractivity contribution in [2.75, 3.05) is 33.9 Å². The van der Waals surface area contributed by atoms with E-state index in [2.05, 4.69) is 26.9 Å². The van der Waals surface area contributed by atoms with Crippen LogP contribution in [-0.4, -0.2) is 65.7 Å². The summed E-state index contributed by atoms with van der Waals surface area (Å²) < 4.78 is 16.1. The van der Waals surface area contributed by atoms with Gasteiger partial charge in [0, 0.05) is 24.1 Å². The Hall–Kier alpha value is -2.61. The van der Waals surface area contributed by atoms with Gasteiger partial charge in [0.2, 0.25) is 17.6 Å². The summed E-state index contributed by atoms with van der Waals surface area (Å²) in [6.07, 6.45) is 5.27. The first-order valence-electron chi connectivity index (χ1n) is 11.2. The number of piperidine rings is 2. The van der Waals surface area contributed by atoms with Crippen molar-refractivity contribution >= 4 is 5.91 Å². The van der Waals surface area contributed by atoms with E-state index in [1.165, 1.54) is 6.42 Å². The molecule has 2 saturated heterocycles. The zero-order valence-electron chi connectivity index (χ0n) is 18.7. The van der Waals surface area contributed by atoms with Crippen LogP contribution >= 0.6 is 0 Å². The van der Waals surface area contributed by atoms with E-state index in [1.54, 1.807) is 14.2 Å². The molecule has 1 aromatic carbocycles. The second-order valence-electron chi connectivity index (χ2n) is 8.51. The molecule has 4 rings (SSSR count). The molecule has 0 unspecified atom stereocenters. The molecular formula is C23H32N4O4. The van der Waals surface area contributed by atoms with Crippen molar-refractivity contribution in [1.82, 2.24) is 19.9 Å². The number of methoxy groups -OCH3 is 2. The maximum absolute atomic E-state index is 12.9. The lowest BCUT2D eigenvalue weighted by Crippen LogP contribution is -2.47. The molecule has 8 heteroatoms. The third-order valence-electron chi connectivity index (χ3n) is 6.49. The van der Waals surface area contributed by atoms with E-state index < -0.39 is 0 Å². The molecule has 1 amide bonds. The second-order valence-corrected chi connectivity index (χ2v) is 8.51. The van der Waals surface area contributed by atoms with Gasteiger partial charge in [0.05, 0.1) is 20.8 Å². The van der Waals surface area contributed by atoms with Gasteiger partial charge in [0.25, 0.3) is 0 Å². The van der Waals surface area contributed by atoms with E-state index in [0.29, 0.717) is 41.7 Å². The molecule has 1 aromatic heterocycles. The maximum atomic E-state index is 12.9. The number of rotatable bonds is 6. The highest BCUT2D eigenvalue weighted by Crippen LogP contribution is 2.31. The van der Waals surface area contributed by atoms with Gasteiger partial charge in [-0.3, -0.25) is 9.69 Å². The Morgan fingerprint density at radius 1 is 1.10 bits per heavy atom. The van der Waals surface area contributed by atoms with Crippen LogP contribution in [0.1, 0.15) is 44.9 Å². The lowest BCUT2D eigenvalue weighted by Gasteiger charge is -2.38. The van der Waals surface area contributed by atoms with Crippen LogP contribution in [0.5, 0.6) is 11.5 Å². The number of nitrogens with zero attached hydrogens (tertiary/aromatic N) is 4. The van der Waals surface area contributed by atoms with E-state index in [-0.39, 0.29) is 5.92 Å². The number of likely N-dealkylation sites (tertiary alicyclic amines) is 2. The summed E-state index contributed by atoms with van der Waals surface area (Å²) in [5.74, 6) is 2.88. The molecule has 0 aliphatic carbocycles. The number of hydrogen-bond donors (Lipinski definition) is 0. The molecule has 3 heterocycles. The van der Waals surface area contributed by atoms with Crippen molar-refractivity contribution in [3.05, 3.63) is 24.1 Å². The van der Waals surface area contributed by atoms with Crippen molar-refractivity contribution in [2.45, 2.75) is 51.6 Å². The number of carbonyl (C=O) groups excluding carboxylic acids is 1. The fraction of sp³-hybridized carbons (Fsp3) is 0.609. The standard InChI is InChI=1S/C23H32N4O4/c1-16-6-4-5-11-27(16)23(28)17-9-12-26(13-10-17)15-21-24-22(25-31-21)18-7-8-19(29-2)20(14-18)30-3/h7-8,14,16-17H,4-6,9-13,15H2,1-3H3/t16-/m0/s1. The van der Waals surface area contributed by atoms with E-state index in [9.17, 15) is 4.79 Å². The smallest absolute Gasteiger partial charge is 0.241 e. The molecule has 8 nitrogen and oxygen atoms in total. The molecule has 31 heavy (non-hydrogen) atoms. The molecule has 0 N–H and O–H groups in total. The summed E-state index contributed by atoms with van der Waals surface area (Å²) in [5, 5.41) is 4.13. The van der Waals surface area contributed by atoms with Crippen LogP contribution in [0.4, 0.5) is 0 Å². The third kappa shape index (κ3) is 4.84. The maximum Gasteiger partial charge on any atom is 0.241 e. The largest absolute Gasteiger partial charge is 0.493 e. The van der Waals surface area contributed by atoms with Gasteiger partial charge in [-0.25, -0.2) is 0 Å². The van der Waals surface area contributed by atoms with Gasteiger partial charge in [0.1, 0.15) is 0 Å². The van der Waals surface area contributed by atoms with Crippen LogP contribution in [0.2, 0.25) is 0 Å². The highest BCUT2D eigenvalue weighted by Gasteiger charge is 2.32. The zero-order chi connectivity index (χ0) is 21.8. The normalized spacial score (nSPS) is 20.6. The molecule has 2 aliphatic rings. The average Bonchev–Trinajstić information content (AvgIpc) is 3.27. The van der Waals surface area contributed by atoms with Crippen LogP contribution in [0, 0.1) is 5.92 Å². The molecule has 0 saturated carbocycles. The van der Waals surface area contributed by atoms with Gasteiger partial charge in [-0.1, -0.05) is 5.16 Å². The van der Waals surface area contributed by atoms with Gasteiger partial charge in [-0.2, -0.15) is 4.98 Å². The Bertz CT molecular complexity index is 891. The van der Waals surface area contributed by atoms with Crippen LogP contribution in [0.25, 0.3) is 11.4 Å². The van der Waals surface area contributed by atoms with E-state index in [4.69, 9.17) is 14.0 Å². The third-order valence-corrected chi connectivity index (χ3v) is 6.49. The highest BCUT2D eigenvalue weighted by atomic mass is 16.5. The summed E-state index contributed by atoms with van der Waals surface area (Å²) in [6, 6.07) is 5.93. The lowest BCUT2D eigenvalue weighted by molar-refractivity contribution is -0.140. The lowest BCUT2D eigenvalue weighted by atomic mass is 9.93. The molecule has 0 bridgehead atoms. The Balaban J connectivity index is 1.32. The zero-order valence-corrected chi connectivity index (χ0v) is 18.7. The topological polar surface area (TPSA) is 80.9 Å². The fourth-order valence-corrected chi connectivity index (χ4v) is 4.60. The first kappa shape index (κ1) is 21.6. The van der Waals surface area contributed by atoms with Crippen LogP contribution in [0.15, 0.2) is 22.7 Å². The Morgan fingerprint density at radius 2 is 1.87 bits per heavy atom. The fourth-order valence-electron chi connectivity index (χ4n) is 4.60. The predicted octanol–water partition coefficient (Wildman–Crippen LogP) is 3.37. The predicted molar refractivity (Wildman–Crippen MR) is 116 cm³/mol. The Kier molecular flexibility index (Phi) is 6.75. The second kappa shape index (κ2) is 9.68. The molecule has 2 aliphatic heterocycles. The van der Waals surface area contributed by atoms with Gasteiger partial charge in [-0.15, -0.1) is 0 Å². The van der Waals surface area contributed by atoms with Gasteiger partial charge in [0.15, 0.2) is 11.5 Å². The van der Waals surface area contributed by atoms with E-state index in [1.807, 2.05) is 18.2 Å². The minimum atomic E-state index is 0.141. The van der Waals surface area contributed by atoms with Gasteiger partial charge < -0.3 is 18.9 Å². The summed E-state index contributed by atoms with van der Waals surface area (Å²) >= 11 is 0. The van der Waals surface area contributed by atoms with Crippen molar-refractivity contribution in [3.63, 3.8) is 0 Å². The first-order chi connectivity index (χ1) is 15.1. The van der Waals surface area contributed by atoms with Crippen molar-refractivity contribution in [3.8, 4) is 22.9 Å². The van der Waals surface area contributed by atoms with Crippen molar-refractivity contribution < 1.29 is 18.8 Å². The number of benzene rings is 1. The summed E-state index contributed by atoms with van der Waals surface area (Å²) in [7, 11) is 3.21. The number of hydrogen-bond acceptors (Lipinski definition) is 7. The first-order valence-corrected chi connectivity index (χ1v) is 11.2. The van der Waals surface area contributed by atoms with Crippen LogP contribution in [0.3, 0.4) is 0 Å². The minimum absolute atomic E-state index is 0.141. The SMILES string of the molecule is COc1ccc(-c2noc(CN3CCC(C(=O)N4CCCC[C@@H]4C)CC3)n2)cc1OC. The molecule has 1 atom stereocenters.